The van der Waals surface area contributed by atoms with Crippen LogP contribution in [-0.2, 0) is 4.74 Å². The van der Waals surface area contributed by atoms with Gasteiger partial charge in [-0.05, 0) is 6.92 Å². The highest BCUT2D eigenvalue weighted by Gasteiger charge is 2.29. The lowest BCUT2D eigenvalue weighted by Gasteiger charge is -2.08. The van der Waals surface area contributed by atoms with Crippen LogP contribution < -0.4 is 5.73 Å². The van der Waals surface area contributed by atoms with Crippen LogP contribution in [0, 0.1) is 0 Å². The van der Waals surface area contributed by atoms with E-state index in [1.165, 1.54) is 0 Å². The molecule has 0 radical (unpaired) electrons. The molecule has 0 aliphatic carbocycles. The fourth-order valence-corrected chi connectivity index (χ4v) is 0.808. The van der Waals surface area contributed by atoms with Crippen LogP contribution in [-0.4, -0.2) is 30.0 Å². The third-order valence-electron chi connectivity index (χ3n) is 1.47. The molecule has 0 spiro atoms. The van der Waals surface area contributed by atoms with E-state index in [1.807, 2.05) is 6.92 Å². The van der Waals surface area contributed by atoms with Gasteiger partial charge in [0, 0.05) is 0 Å². The minimum absolute atomic E-state index is 0.0787. The van der Waals surface area contributed by atoms with Gasteiger partial charge in [-0.1, -0.05) is 0 Å². The van der Waals surface area contributed by atoms with Crippen LogP contribution in [0.15, 0.2) is 0 Å². The van der Waals surface area contributed by atoms with Gasteiger partial charge in [-0.2, -0.15) is 0 Å². The maximum Gasteiger partial charge on any atom is 0.0971 e. The van der Waals surface area contributed by atoms with E-state index in [9.17, 15) is 0 Å². The molecule has 1 aliphatic heterocycles. The highest BCUT2D eigenvalue weighted by atomic mass is 16.5. The summed E-state index contributed by atoms with van der Waals surface area (Å²) < 4.78 is 5.00. The van der Waals surface area contributed by atoms with E-state index in [4.69, 9.17) is 15.6 Å². The van der Waals surface area contributed by atoms with Crippen LogP contribution in [0.2, 0.25) is 0 Å². The smallest absolute Gasteiger partial charge is 0.0971 e. The van der Waals surface area contributed by atoms with Gasteiger partial charge in [-0.25, -0.2) is 0 Å². The first-order chi connectivity index (χ1) is 3.72. The van der Waals surface area contributed by atoms with Crippen LogP contribution in [0.4, 0.5) is 0 Å². The fourth-order valence-electron chi connectivity index (χ4n) is 0.808. The topological polar surface area (TPSA) is 55.5 Å². The first kappa shape index (κ1) is 6.01. The summed E-state index contributed by atoms with van der Waals surface area (Å²) in [4.78, 5) is 0. The minimum atomic E-state index is -0.463. The van der Waals surface area contributed by atoms with Crippen molar-refractivity contribution in [2.45, 2.75) is 25.2 Å². The van der Waals surface area contributed by atoms with Crippen molar-refractivity contribution >= 4 is 0 Å². The number of nitrogens with two attached hydrogens (primary N) is 1. The van der Waals surface area contributed by atoms with Gasteiger partial charge in [0.15, 0.2) is 0 Å². The second kappa shape index (κ2) is 2.01. The fraction of sp³-hybridized carbons (Fsp3) is 1.00. The largest absolute Gasteiger partial charge is 0.389 e. The van der Waals surface area contributed by atoms with Crippen LogP contribution in [0.1, 0.15) is 6.92 Å². The van der Waals surface area contributed by atoms with Gasteiger partial charge in [0.1, 0.15) is 0 Å². The molecule has 0 aromatic heterocycles. The Morgan fingerprint density at radius 3 is 2.50 bits per heavy atom. The lowest BCUT2D eigenvalue weighted by molar-refractivity contribution is 0.0545. The van der Waals surface area contributed by atoms with E-state index < -0.39 is 6.10 Å². The van der Waals surface area contributed by atoms with Crippen molar-refractivity contribution < 1.29 is 9.84 Å². The van der Waals surface area contributed by atoms with Crippen LogP contribution in [0.5, 0.6) is 0 Å². The summed E-state index contributed by atoms with van der Waals surface area (Å²) in [6, 6.07) is -0.176. The number of rotatable bonds is 0. The van der Waals surface area contributed by atoms with E-state index in [0.717, 1.165) is 0 Å². The summed E-state index contributed by atoms with van der Waals surface area (Å²) in [6.07, 6.45) is -0.542. The monoisotopic (exact) mass is 117 g/mol. The molecule has 3 atom stereocenters. The van der Waals surface area contributed by atoms with Crippen LogP contribution >= 0.6 is 0 Å². The molecule has 1 heterocycles. The molecule has 0 aromatic rings. The molecule has 8 heavy (non-hydrogen) atoms. The van der Waals surface area contributed by atoms with E-state index in [2.05, 4.69) is 0 Å². The SMILES string of the molecule is C[C@H]1OC[C@H](N)C1O. The van der Waals surface area contributed by atoms with Gasteiger partial charge >= 0.3 is 0 Å². The predicted molar refractivity (Wildman–Crippen MR) is 29.4 cm³/mol. The van der Waals surface area contributed by atoms with Gasteiger partial charge in [-0.15, -0.1) is 0 Å². The molecule has 1 fully saturated rings. The molecular formula is C5H11NO2. The van der Waals surface area contributed by atoms with Gasteiger partial charge in [0.05, 0.1) is 24.9 Å². The average molecular weight is 117 g/mol. The third kappa shape index (κ3) is 0.844. The number of aliphatic hydroxyl groups excluding tert-OH is 1. The first-order valence-electron chi connectivity index (χ1n) is 2.77. The Balaban J connectivity index is 2.44. The van der Waals surface area contributed by atoms with Gasteiger partial charge in [0.25, 0.3) is 0 Å². The zero-order chi connectivity index (χ0) is 6.15. The second-order valence-corrected chi connectivity index (χ2v) is 2.19. The lowest BCUT2D eigenvalue weighted by atomic mass is 10.1. The average Bonchev–Trinajstić information content (AvgIpc) is 1.98. The molecule has 3 nitrogen and oxygen atoms in total. The highest BCUT2D eigenvalue weighted by Crippen LogP contribution is 2.10. The molecular weight excluding hydrogens is 106 g/mol. The van der Waals surface area contributed by atoms with Crippen molar-refractivity contribution in [3.63, 3.8) is 0 Å². The first-order valence-corrected chi connectivity index (χ1v) is 2.77. The molecule has 48 valence electrons. The Morgan fingerprint density at radius 2 is 2.38 bits per heavy atom. The van der Waals surface area contributed by atoms with Crippen molar-refractivity contribution in [2.75, 3.05) is 6.61 Å². The predicted octanol–water partition coefficient (Wildman–Crippen LogP) is -0.907. The van der Waals surface area contributed by atoms with E-state index in [-0.39, 0.29) is 12.1 Å². The molecule has 0 amide bonds. The number of hydrogen-bond donors (Lipinski definition) is 2. The Labute approximate surface area is 48.4 Å². The van der Waals surface area contributed by atoms with E-state index in [1.54, 1.807) is 0 Å². The minimum Gasteiger partial charge on any atom is -0.389 e. The third-order valence-corrected chi connectivity index (χ3v) is 1.47. The Bertz CT molecular complexity index is 76.5. The Morgan fingerprint density at radius 1 is 1.75 bits per heavy atom. The molecule has 3 heteroatoms. The summed E-state index contributed by atoms with van der Waals surface area (Å²) in [6.45, 7) is 2.31. The highest BCUT2D eigenvalue weighted by molar-refractivity contribution is 4.82. The summed E-state index contributed by atoms with van der Waals surface area (Å²) in [5, 5.41) is 9.02. The molecule has 1 aliphatic rings. The molecule has 1 saturated heterocycles. The number of aliphatic hydroxyl groups is 1. The maximum atomic E-state index is 9.02. The molecule has 0 bridgehead atoms. The Kier molecular flexibility index (Phi) is 1.51. The molecule has 1 rings (SSSR count). The lowest BCUT2D eigenvalue weighted by Crippen LogP contribution is -2.35. The van der Waals surface area contributed by atoms with Crippen molar-refractivity contribution in [1.82, 2.24) is 0 Å². The van der Waals surface area contributed by atoms with Gasteiger partial charge in [0.2, 0.25) is 0 Å². The van der Waals surface area contributed by atoms with Crippen molar-refractivity contribution in [3.8, 4) is 0 Å². The Hall–Kier alpha value is -0.120. The zero-order valence-corrected chi connectivity index (χ0v) is 4.87. The summed E-state index contributed by atoms with van der Waals surface area (Å²) in [5.74, 6) is 0. The normalized spacial score (nSPS) is 47.6. The summed E-state index contributed by atoms with van der Waals surface area (Å²) in [7, 11) is 0. The van der Waals surface area contributed by atoms with E-state index in [0.29, 0.717) is 6.61 Å². The molecule has 0 saturated carbocycles. The maximum absolute atomic E-state index is 9.02. The van der Waals surface area contributed by atoms with Crippen LogP contribution in [0.3, 0.4) is 0 Å². The molecule has 0 aromatic carbocycles. The summed E-state index contributed by atoms with van der Waals surface area (Å²) in [5.41, 5.74) is 5.39. The molecule has 1 unspecified atom stereocenters. The van der Waals surface area contributed by atoms with E-state index >= 15 is 0 Å². The van der Waals surface area contributed by atoms with Gasteiger partial charge in [-0.3, -0.25) is 0 Å². The van der Waals surface area contributed by atoms with Crippen molar-refractivity contribution in [3.05, 3.63) is 0 Å². The second-order valence-electron chi connectivity index (χ2n) is 2.19. The van der Waals surface area contributed by atoms with Crippen molar-refractivity contribution in [1.29, 1.82) is 0 Å². The number of hydrogen-bond acceptors (Lipinski definition) is 3. The zero-order valence-electron chi connectivity index (χ0n) is 4.87. The number of ether oxygens (including phenoxy) is 1. The standard InChI is InChI=1S/C5H11NO2/c1-3-5(7)4(6)2-8-3/h3-5,7H,2,6H2,1H3/t3-,4+,5?/m1/s1. The molecule has 3 N–H and O–H groups in total. The van der Waals surface area contributed by atoms with Gasteiger partial charge < -0.3 is 15.6 Å². The summed E-state index contributed by atoms with van der Waals surface area (Å²) >= 11 is 0. The quantitative estimate of drug-likeness (QED) is 0.432. The van der Waals surface area contributed by atoms with Crippen LogP contribution in [0.25, 0.3) is 0 Å². The van der Waals surface area contributed by atoms with Crippen molar-refractivity contribution in [2.24, 2.45) is 5.73 Å².